The Morgan fingerprint density at radius 2 is 2.20 bits per heavy atom. The minimum absolute atomic E-state index is 0.00367. The monoisotopic (exact) mass is 278 g/mol. The largest absolute Gasteiger partial charge is 0.382 e. The first kappa shape index (κ1) is 14.9. The lowest BCUT2D eigenvalue weighted by Gasteiger charge is -2.35. The van der Waals surface area contributed by atoms with Gasteiger partial charge in [-0.25, -0.2) is 9.97 Å². The second-order valence-electron chi connectivity index (χ2n) is 5.25. The van der Waals surface area contributed by atoms with E-state index in [1.165, 1.54) is 0 Å². The number of aromatic nitrogens is 2. The molecule has 0 radical (unpaired) electrons. The molecule has 1 fully saturated rings. The van der Waals surface area contributed by atoms with Crippen LogP contribution in [0.1, 0.15) is 24.2 Å². The number of carbonyl (C=O) groups is 1. The maximum atomic E-state index is 12.3. The van der Waals surface area contributed by atoms with Gasteiger partial charge < -0.3 is 10.1 Å². The van der Waals surface area contributed by atoms with E-state index in [1.54, 1.807) is 26.6 Å². The first-order valence-electron chi connectivity index (χ1n) is 6.86. The van der Waals surface area contributed by atoms with Crippen LogP contribution >= 0.6 is 0 Å². The highest BCUT2D eigenvalue weighted by atomic mass is 16.5. The van der Waals surface area contributed by atoms with Gasteiger partial charge in [0.1, 0.15) is 11.4 Å². The standard InChI is InChI=1S/C14H22N4O2/c1-11-7-16-12(17-8-11)9-18-6-4-5-14(18,10-20-3)13(19)15-2/h7-8H,4-6,9-10H2,1-3H3,(H,15,19). The Kier molecular flexibility index (Phi) is 4.67. The average Bonchev–Trinajstić information content (AvgIpc) is 2.85. The van der Waals surface area contributed by atoms with Gasteiger partial charge in [0.2, 0.25) is 5.91 Å². The smallest absolute Gasteiger partial charge is 0.242 e. The molecule has 1 aromatic heterocycles. The first-order chi connectivity index (χ1) is 9.62. The van der Waals surface area contributed by atoms with Crippen LogP contribution in [0.5, 0.6) is 0 Å². The molecule has 1 aromatic rings. The van der Waals surface area contributed by atoms with Crippen molar-refractivity contribution in [2.75, 3.05) is 27.3 Å². The molecule has 0 aromatic carbocycles. The van der Waals surface area contributed by atoms with Gasteiger partial charge in [-0.1, -0.05) is 0 Å². The number of nitrogens with zero attached hydrogens (tertiary/aromatic N) is 3. The molecule has 0 aliphatic carbocycles. The highest BCUT2D eigenvalue weighted by Gasteiger charge is 2.47. The van der Waals surface area contributed by atoms with Gasteiger partial charge in [0, 0.05) is 26.6 Å². The molecule has 1 atom stereocenters. The predicted octanol–water partition coefficient (Wildman–Crippen LogP) is 0.512. The minimum Gasteiger partial charge on any atom is -0.382 e. The lowest BCUT2D eigenvalue weighted by molar-refractivity contribution is -0.135. The highest BCUT2D eigenvalue weighted by molar-refractivity contribution is 5.86. The van der Waals surface area contributed by atoms with E-state index >= 15 is 0 Å². The molecule has 1 N–H and O–H groups in total. The maximum Gasteiger partial charge on any atom is 0.242 e. The number of rotatable bonds is 5. The van der Waals surface area contributed by atoms with E-state index in [4.69, 9.17) is 4.74 Å². The third-order valence-corrected chi connectivity index (χ3v) is 3.82. The van der Waals surface area contributed by atoms with Crippen LogP contribution in [0.4, 0.5) is 0 Å². The summed E-state index contributed by atoms with van der Waals surface area (Å²) in [6, 6.07) is 0. The fraction of sp³-hybridized carbons (Fsp3) is 0.643. The Hall–Kier alpha value is -1.53. The van der Waals surface area contributed by atoms with Gasteiger partial charge in [-0.3, -0.25) is 9.69 Å². The molecule has 1 amide bonds. The second kappa shape index (κ2) is 6.28. The van der Waals surface area contributed by atoms with Crippen LogP contribution in [0.15, 0.2) is 12.4 Å². The molecule has 0 saturated carbocycles. The molecule has 6 heteroatoms. The van der Waals surface area contributed by atoms with Crippen LogP contribution in [-0.4, -0.2) is 53.6 Å². The Morgan fingerprint density at radius 3 is 2.80 bits per heavy atom. The van der Waals surface area contributed by atoms with Crippen molar-refractivity contribution in [2.24, 2.45) is 0 Å². The molecule has 1 saturated heterocycles. The number of aryl methyl sites for hydroxylation is 1. The van der Waals surface area contributed by atoms with Gasteiger partial charge in [0.05, 0.1) is 13.2 Å². The summed E-state index contributed by atoms with van der Waals surface area (Å²) in [5.41, 5.74) is 0.433. The van der Waals surface area contributed by atoms with Crippen LogP contribution in [0.25, 0.3) is 0 Å². The predicted molar refractivity (Wildman–Crippen MR) is 75.1 cm³/mol. The number of ether oxygens (including phenoxy) is 1. The highest BCUT2D eigenvalue weighted by Crippen LogP contribution is 2.31. The summed E-state index contributed by atoms with van der Waals surface area (Å²) in [4.78, 5) is 23.1. The molecule has 0 spiro atoms. The van der Waals surface area contributed by atoms with Crippen molar-refractivity contribution in [3.05, 3.63) is 23.8 Å². The Balaban J connectivity index is 2.19. The summed E-state index contributed by atoms with van der Waals surface area (Å²) in [6.07, 6.45) is 5.38. The van der Waals surface area contributed by atoms with Crippen molar-refractivity contribution >= 4 is 5.91 Å². The van der Waals surface area contributed by atoms with Crippen molar-refractivity contribution in [1.82, 2.24) is 20.2 Å². The summed E-state index contributed by atoms with van der Waals surface area (Å²) in [7, 11) is 3.29. The van der Waals surface area contributed by atoms with Crippen molar-refractivity contribution < 1.29 is 9.53 Å². The summed E-state index contributed by atoms with van der Waals surface area (Å²) < 4.78 is 5.30. The number of methoxy groups -OCH3 is 1. The van der Waals surface area contributed by atoms with Crippen LogP contribution in [0, 0.1) is 6.92 Å². The molecular formula is C14H22N4O2. The van der Waals surface area contributed by atoms with Crippen molar-refractivity contribution in [3.8, 4) is 0 Å². The second-order valence-corrected chi connectivity index (χ2v) is 5.25. The molecule has 2 heterocycles. The van der Waals surface area contributed by atoms with Crippen molar-refractivity contribution in [3.63, 3.8) is 0 Å². The van der Waals surface area contributed by atoms with E-state index in [9.17, 15) is 4.79 Å². The normalized spacial score (nSPS) is 22.9. The molecule has 110 valence electrons. The summed E-state index contributed by atoms with van der Waals surface area (Å²) in [6.45, 7) is 3.77. The molecule has 1 aliphatic heterocycles. The number of amides is 1. The zero-order valence-corrected chi connectivity index (χ0v) is 12.3. The number of carbonyl (C=O) groups excluding carboxylic acids is 1. The summed E-state index contributed by atoms with van der Waals surface area (Å²) >= 11 is 0. The number of likely N-dealkylation sites (tertiary alicyclic amines) is 1. The quantitative estimate of drug-likeness (QED) is 0.850. The molecule has 20 heavy (non-hydrogen) atoms. The lowest BCUT2D eigenvalue weighted by Crippen LogP contribution is -2.57. The maximum absolute atomic E-state index is 12.3. The van der Waals surface area contributed by atoms with Gasteiger partial charge in [-0.2, -0.15) is 0 Å². The van der Waals surface area contributed by atoms with Crippen molar-refractivity contribution in [2.45, 2.75) is 31.8 Å². The van der Waals surface area contributed by atoms with E-state index in [1.807, 2.05) is 6.92 Å². The van der Waals surface area contributed by atoms with Gasteiger partial charge >= 0.3 is 0 Å². The minimum atomic E-state index is -0.599. The first-order valence-corrected chi connectivity index (χ1v) is 6.86. The van der Waals surface area contributed by atoms with Crippen LogP contribution < -0.4 is 5.32 Å². The molecule has 6 nitrogen and oxygen atoms in total. The van der Waals surface area contributed by atoms with E-state index in [0.29, 0.717) is 13.2 Å². The fourth-order valence-electron chi connectivity index (χ4n) is 2.79. The molecule has 2 rings (SSSR count). The van der Waals surface area contributed by atoms with Gasteiger partial charge in [-0.15, -0.1) is 0 Å². The van der Waals surface area contributed by atoms with Crippen LogP contribution in [0.3, 0.4) is 0 Å². The molecular weight excluding hydrogens is 256 g/mol. The van der Waals surface area contributed by atoms with Gasteiger partial charge in [0.25, 0.3) is 0 Å². The Bertz CT molecular complexity index is 463. The molecule has 0 bridgehead atoms. The SMILES string of the molecule is CNC(=O)C1(COC)CCCN1Cc1ncc(C)cn1. The lowest BCUT2D eigenvalue weighted by atomic mass is 9.96. The number of likely N-dealkylation sites (N-methyl/N-ethyl adjacent to an activating group) is 1. The average molecular weight is 278 g/mol. The third kappa shape index (κ3) is 2.81. The van der Waals surface area contributed by atoms with E-state index in [0.717, 1.165) is 30.8 Å². The van der Waals surface area contributed by atoms with Gasteiger partial charge in [0.15, 0.2) is 0 Å². The summed E-state index contributed by atoms with van der Waals surface area (Å²) in [5, 5.41) is 2.76. The fourth-order valence-corrected chi connectivity index (χ4v) is 2.79. The molecule has 1 aliphatic rings. The number of hydrogen-bond acceptors (Lipinski definition) is 5. The molecule has 1 unspecified atom stereocenters. The topological polar surface area (TPSA) is 67.3 Å². The Morgan fingerprint density at radius 1 is 1.50 bits per heavy atom. The zero-order valence-electron chi connectivity index (χ0n) is 12.3. The number of nitrogens with one attached hydrogen (secondary N) is 1. The van der Waals surface area contributed by atoms with E-state index < -0.39 is 5.54 Å². The zero-order chi connectivity index (χ0) is 14.6. The van der Waals surface area contributed by atoms with Crippen LogP contribution in [0.2, 0.25) is 0 Å². The number of hydrogen-bond donors (Lipinski definition) is 1. The summed E-state index contributed by atoms with van der Waals surface area (Å²) in [5.74, 6) is 0.742. The van der Waals surface area contributed by atoms with Gasteiger partial charge in [-0.05, 0) is 31.9 Å². The van der Waals surface area contributed by atoms with Crippen molar-refractivity contribution in [1.29, 1.82) is 0 Å². The van der Waals surface area contributed by atoms with E-state index in [2.05, 4.69) is 20.2 Å². The third-order valence-electron chi connectivity index (χ3n) is 3.82. The Labute approximate surface area is 119 Å². The van der Waals surface area contributed by atoms with Crippen LogP contribution in [-0.2, 0) is 16.1 Å². The van der Waals surface area contributed by atoms with E-state index in [-0.39, 0.29) is 5.91 Å².